The second-order valence-corrected chi connectivity index (χ2v) is 6.64. The first-order valence-corrected chi connectivity index (χ1v) is 9.01. The van der Waals surface area contributed by atoms with Gasteiger partial charge in [0.25, 0.3) is 0 Å². The monoisotopic (exact) mass is 371 g/mol. The molecule has 1 fully saturated rings. The van der Waals surface area contributed by atoms with E-state index in [0.717, 1.165) is 5.56 Å². The van der Waals surface area contributed by atoms with Gasteiger partial charge in [0.1, 0.15) is 12.4 Å². The zero-order chi connectivity index (χ0) is 19.2. The van der Waals surface area contributed by atoms with Crippen molar-refractivity contribution in [3.63, 3.8) is 0 Å². The fourth-order valence-corrected chi connectivity index (χ4v) is 3.22. The molecule has 0 aromatic heterocycles. The number of hydrogen-bond donors (Lipinski definition) is 1. The number of ether oxygens (including phenoxy) is 1. The SMILES string of the molecule is O=C(CCC[C@H](O)c1ccc(F)cc1)N1C(=O)OC[C@H]1Cc1ccccc1. The molecule has 6 heteroatoms. The van der Waals surface area contributed by atoms with E-state index in [-0.39, 0.29) is 30.8 Å². The number of cyclic esters (lactones) is 1. The Morgan fingerprint density at radius 1 is 1.19 bits per heavy atom. The minimum atomic E-state index is -0.774. The van der Waals surface area contributed by atoms with E-state index in [4.69, 9.17) is 4.74 Å². The smallest absolute Gasteiger partial charge is 0.416 e. The van der Waals surface area contributed by atoms with E-state index in [2.05, 4.69) is 0 Å². The summed E-state index contributed by atoms with van der Waals surface area (Å²) in [5.41, 5.74) is 1.64. The quantitative estimate of drug-likeness (QED) is 0.807. The van der Waals surface area contributed by atoms with E-state index < -0.39 is 12.2 Å². The van der Waals surface area contributed by atoms with Gasteiger partial charge in [0.05, 0.1) is 12.1 Å². The molecule has 2 atom stereocenters. The van der Waals surface area contributed by atoms with Gasteiger partial charge in [0.2, 0.25) is 5.91 Å². The second kappa shape index (κ2) is 8.77. The number of carbonyl (C=O) groups is 2. The summed E-state index contributed by atoms with van der Waals surface area (Å²) < 4.78 is 18.0. The van der Waals surface area contributed by atoms with Crippen molar-refractivity contribution in [1.29, 1.82) is 0 Å². The van der Waals surface area contributed by atoms with Crippen LogP contribution in [0.15, 0.2) is 54.6 Å². The summed E-state index contributed by atoms with van der Waals surface area (Å²) >= 11 is 0. The maximum absolute atomic E-state index is 12.9. The highest BCUT2D eigenvalue weighted by Gasteiger charge is 2.37. The fraction of sp³-hybridized carbons (Fsp3) is 0.333. The molecule has 2 aromatic rings. The number of nitrogens with zero attached hydrogens (tertiary/aromatic N) is 1. The van der Waals surface area contributed by atoms with Crippen LogP contribution in [0, 0.1) is 5.82 Å². The van der Waals surface area contributed by atoms with Crippen molar-refractivity contribution < 1.29 is 23.8 Å². The number of aliphatic hydroxyl groups excluding tert-OH is 1. The molecule has 0 radical (unpaired) electrons. The highest BCUT2D eigenvalue weighted by molar-refractivity contribution is 5.93. The van der Waals surface area contributed by atoms with E-state index in [0.29, 0.717) is 24.8 Å². The lowest BCUT2D eigenvalue weighted by atomic mass is 10.0. The van der Waals surface area contributed by atoms with Crippen molar-refractivity contribution >= 4 is 12.0 Å². The molecule has 27 heavy (non-hydrogen) atoms. The number of rotatable bonds is 7. The van der Waals surface area contributed by atoms with Crippen molar-refractivity contribution in [2.75, 3.05) is 6.61 Å². The van der Waals surface area contributed by atoms with Crippen molar-refractivity contribution in [3.8, 4) is 0 Å². The van der Waals surface area contributed by atoms with Crippen LogP contribution >= 0.6 is 0 Å². The van der Waals surface area contributed by atoms with Gasteiger partial charge in [-0.25, -0.2) is 14.1 Å². The summed E-state index contributed by atoms with van der Waals surface area (Å²) in [5.74, 6) is -0.664. The van der Waals surface area contributed by atoms with Crippen LogP contribution in [-0.2, 0) is 16.0 Å². The molecule has 2 amide bonds. The van der Waals surface area contributed by atoms with E-state index in [9.17, 15) is 19.1 Å². The molecule has 0 aliphatic carbocycles. The minimum Gasteiger partial charge on any atom is -0.447 e. The molecule has 2 aromatic carbocycles. The number of aliphatic hydroxyl groups is 1. The molecule has 1 saturated heterocycles. The number of hydrogen-bond acceptors (Lipinski definition) is 4. The highest BCUT2D eigenvalue weighted by Crippen LogP contribution is 2.22. The average Bonchev–Trinajstić information content (AvgIpc) is 3.03. The maximum Gasteiger partial charge on any atom is 0.416 e. The van der Waals surface area contributed by atoms with Gasteiger partial charge in [-0.1, -0.05) is 42.5 Å². The third kappa shape index (κ3) is 4.92. The Hall–Kier alpha value is -2.73. The predicted octanol–water partition coefficient (Wildman–Crippen LogP) is 3.62. The van der Waals surface area contributed by atoms with Crippen LogP contribution in [0.3, 0.4) is 0 Å². The number of halogens is 1. The largest absolute Gasteiger partial charge is 0.447 e. The Bertz CT molecular complexity index is 779. The molecule has 1 heterocycles. The van der Waals surface area contributed by atoms with Gasteiger partial charge >= 0.3 is 6.09 Å². The third-order valence-electron chi connectivity index (χ3n) is 4.67. The number of benzene rings is 2. The van der Waals surface area contributed by atoms with Crippen LogP contribution in [-0.4, -0.2) is 34.7 Å². The Labute approximate surface area is 157 Å². The first-order valence-electron chi connectivity index (χ1n) is 9.01. The van der Waals surface area contributed by atoms with Crippen LogP contribution in [0.4, 0.5) is 9.18 Å². The Balaban J connectivity index is 1.52. The van der Waals surface area contributed by atoms with Crippen molar-refractivity contribution in [1.82, 2.24) is 4.90 Å². The Kier molecular flexibility index (Phi) is 6.19. The van der Waals surface area contributed by atoms with E-state index in [1.54, 1.807) is 0 Å². The molecule has 1 N–H and O–H groups in total. The van der Waals surface area contributed by atoms with Crippen molar-refractivity contribution in [3.05, 3.63) is 71.5 Å². The Morgan fingerprint density at radius 2 is 1.89 bits per heavy atom. The molecule has 1 aliphatic rings. The summed E-state index contributed by atoms with van der Waals surface area (Å²) in [6, 6.07) is 15.0. The summed E-state index contributed by atoms with van der Waals surface area (Å²) in [7, 11) is 0. The molecule has 0 saturated carbocycles. The van der Waals surface area contributed by atoms with Crippen LogP contribution in [0.25, 0.3) is 0 Å². The summed E-state index contributed by atoms with van der Waals surface area (Å²) in [5, 5.41) is 10.1. The zero-order valence-corrected chi connectivity index (χ0v) is 14.9. The molecule has 0 spiro atoms. The first kappa shape index (κ1) is 19.0. The molecule has 0 unspecified atom stereocenters. The number of amides is 2. The van der Waals surface area contributed by atoms with Gasteiger partial charge in [-0.15, -0.1) is 0 Å². The zero-order valence-electron chi connectivity index (χ0n) is 14.9. The normalized spacial score (nSPS) is 17.6. The van der Waals surface area contributed by atoms with E-state index in [1.807, 2.05) is 30.3 Å². The van der Waals surface area contributed by atoms with Crippen molar-refractivity contribution in [2.24, 2.45) is 0 Å². The predicted molar refractivity (Wildman–Crippen MR) is 97.3 cm³/mol. The molecule has 5 nitrogen and oxygen atoms in total. The van der Waals surface area contributed by atoms with Gasteiger partial charge < -0.3 is 9.84 Å². The second-order valence-electron chi connectivity index (χ2n) is 6.64. The lowest BCUT2D eigenvalue weighted by Gasteiger charge is -2.20. The van der Waals surface area contributed by atoms with Crippen LogP contribution < -0.4 is 0 Å². The van der Waals surface area contributed by atoms with E-state index >= 15 is 0 Å². The van der Waals surface area contributed by atoms with E-state index in [1.165, 1.54) is 29.2 Å². The van der Waals surface area contributed by atoms with Gasteiger partial charge in [0, 0.05) is 6.42 Å². The van der Waals surface area contributed by atoms with Crippen LogP contribution in [0.2, 0.25) is 0 Å². The van der Waals surface area contributed by atoms with Crippen LogP contribution in [0.1, 0.15) is 36.5 Å². The molecule has 0 bridgehead atoms. The minimum absolute atomic E-state index is 0.138. The van der Waals surface area contributed by atoms with Gasteiger partial charge in [-0.2, -0.15) is 0 Å². The fourth-order valence-electron chi connectivity index (χ4n) is 3.22. The molecular formula is C21H22FNO4. The summed E-state index contributed by atoms with van der Waals surface area (Å²) in [4.78, 5) is 25.7. The highest BCUT2D eigenvalue weighted by atomic mass is 19.1. The molecule has 1 aliphatic heterocycles. The Morgan fingerprint density at radius 3 is 2.59 bits per heavy atom. The number of carbonyl (C=O) groups excluding carboxylic acids is 2. The molecule has 3 rings (SSSR count). The van der Waals surface area contributed by atoms with Gasteiger partial charge in [0.15, 0.2) is 0 Å². The third-order valence-corrected chi connectivity index (χ3v) is 4.67. The lowest BCUT2D eigenvalue weighted by molar-refractivity contribution is -0.129. The van der Waals surface area contributed by atoms with Crippen molar-refractivity contribution in [2.45, 2.75) is 37.8 Å². The first-order chi connectivity index (χ1) is 13.0. The summed E-state index contributed by atoms with van der Waals surface area (Å²) in [6.45, 7) is 0.192. The van der Waals surface area contributed by atoms with Crippen LogP contribution in [0.5, 0.6) is 0 Å². The van der Waals surface area contributed by atoms with Gasteiger partial charge in [-0.05, 0) is 42.5 Å². The topological polar surface area (TPSA) is 66.8 Å². The van der Waals surface area contributed by atoms with Gasteiger partial charge in [-0.3, -0.25) is 4.79 Å². The summed E-state index contributed by atoms with van der Waals surface area (Å²) in [6.07, 6.45) is 0.0712. The lowest BCUT2D eigenvalue weighted by Crippen LogP contribution is -2.40. The molecular weight excluding hydrogens is 349 g/mol. The maximum atomic E-state index is 12.9. The molecule has 142 valence electrons. The number of imide groups is 1. The standard InChI is InChI=1S/C21H22FNO4/c22-17-11-9-16(10-12-17)19(24)7-4-8-20(25)23-18(14-27-21(23)26)13-15-5-2-1-3-6-15/h1-3,5-6,9-12,18-19,24H,4,7-8,13-14H2/t18-,19+/m1/s1. The average molecular weight is 371 g/mol.